The van der Waals surface area contributed by atoms with Gasteiger partial charge >= 0.3 is 6.01 Å². The molecular formula is C24H33N5O2. The Hall–Kier alpha value is -2.67. The Morgan fingerprint density at radius 1 is 1.16 bits per heavy atom. The Morgan fingerprint density at radius 3 is 2.65 bits per heavy atom. The highest BCUT2D eigenvalue weighted by atomic mass is 16.5. The third-order valence-electron chi connectivity index (χ3n) is 6.23. The monoisotopic (exact) mass is 423 g/mol. The van der Waals surface area contributed by atoms with E-state index in [-0.39, 0.29) is 18.2 Å². The van der Waals surface area contributed by atoms with E-state index in [2.05, 4.69) is 46.1 Å². The van der Waals surface area contributed by atoms with Gasteiger partial charge in [0.15, 0.2) is 5.78 Å². The summed E-state index contributed by atoms with van der Waals surface area (Å²) in [6.07, 6.45) is 4.80. The molecule has 0 bridgehead atoms. The topological polar surface area (TPSA) is 84.6 Å². The Balaban J connectivity index is 1.58. The van der Waals surface area contributed by atoms with Gasteiger partial charge in [-0.25, -0.2) is 0 Å². The second-order valence-electron chi connectivity index (χ2n) is 8.65. The predicted octanol–water partition coefficient (Wildman–Crippen LogP) is 3.35. The number of Topliss-reactive ketones (excluding diaryl/α,β-unsaturated/α-hetero) is 1. The molecule has 7 heteroatoms. The highest BCUT2D eigenvalue weighted by molar-refractivity contribution is 5.93. The van der Waals surface area contributed by atoms with E-state index in [1.807, 2.05) is 11.8 Å². The number of carbonyl (C=O) groups is 1. The molecule has 0 spiro atoms. The third-order valence-corrected chi connectivity index (χ3v) is 6.23. The number of aromatic nitrogens is 2. The summed E-state index contributed by atoms with van der Waals surface area (Å²) in [6, 6.07) is 8.66. The van der Waals surface area contributed by atoms with Gasteiger partial charge in [0.25, 0.3) is 0 Å². The Bertz CT molecular complexity index is 926. The molecule has 1 unspecified atom stereocenters. The molecule has 7 nitrogen and oxygen atoms in total. The highest BCUT2D eigenvalue weighted by Crippen LogP contribution is 2.33. The summed E-state index contributed by atoms with van der Waals surface area (Å²) in [7, 11) is 0. The van der Waals surface area contributed by atoms with Crippen LogP contribution < -0.4 is 15.4 Å². The lowest BCUT2D eigenvalue weighted by Gasteiger charge is -2.35. The van der Waals surface area contributed by atoms with Crippen molar-refractivity contribution in [2.75, 3.05) is 30.3 Å². The van der Waals surface area contributed by atoms with Crippen molar-refractivity contribution in [3.63, 3.8) is 0 Å². The van der Waals surface area contributed by atoms with Crippen LogP contribution >= 0.6 is 0 Å². The molecule has 1 aromatic heterocycles. The Morgan fingerprint density at radius 2 is 1.90 bits per heavy atom. The van der Waals surface area contributed by atoms with E-state index in [9.17, 15) is 4.79 Å². The average molecular weight is 424 g/mol. The molecule has 2 N–H and O–H groups in total. The number of hydrogen-bond donors (Lipinski definition) is 1. The van der Waals surface area contributed by atoms with E-state index in [1.54, 1.807) is 0 Å². The SMILES string of the molecule is CCCCOc1nc(N)c2c(n1)N(Cc1cccc(CN3CCCC3)c1)C(C)C(=O)C2. The van der Waals surface area contributed by atoms with Crippen LogP contribution in [0, 0.1) is 0 Å². The smallest absolute Gasteiger partial charge is 0.320 e. The van der Waals surface area contributed by atoms with Crippen LogP contribution in [0.2, 0.25) is 0 Å². The predicted molar refractivity (Wildman–Crippen MR) is 122 cm³/mol. The number of fused-ring (bicyclic) bond motifs is 1. The maximum Gasteiger partial charge on any atom is 0.320 e. The van der Waals surface area contributed by atoms with Gasteiger partial charge < -0.3 is 15.4 Å². The molecule has 2 aliphatic heterocycles. The van der Waals surface area contributed by atoms with Crippen molar-refractivity contribution in [2.45, 2.75) is 65.1 Å². The van der Waals surface area contributed by atoms with Crippen molar-refractivity contribution in [3.8, 4) is 6.01 Å². The van der Waals surface area contributed by atoms with Crippen LogP contribution in [0.25, 0.3) is 0 Å². The number of likely N-dealkylation sites (tertiary alicyclic amines) is 1. The molecule has 2 aromatic rings. The molecule has 1 aromatic carbocycles. The molecule has 0 amide bonds. The maximum atomic E-state index is 12.7. The fraction of sp³-hybridized carbons (Fsp3) is 0.542. The lowest BCUT2D eigenvalue weighted by atomic mass is 9.97. The van der Waals surface area contributed by atoms with E-state index in [1.165, 1.54) is 31.5 Å². The number of rotatable bonds is 8. The van der Waals surface area contributed by atoms with Crippen LogP contribution in [-0.4, -0.2) is 46.4 Å². The highest BCUT2D eigenvalue weighted by Gasteiger charge is 2.33. The molecule has 3 heterocycles. The van der Waals surface area contributed by atoms with Crippen LogP contribution in [0.15, 0.2) is 24.3 Å². The number of benzene rings is 1. The number of ether oxygens (including phenoxy) is 1. The maximum absolute atomic E-state index is 12.7. The summed E-state index contributed by atoms with van der Waals surface area (Å²) in [5, 5.41) is 0. The zero-order chi connectivity index (χ0) is 21.8. The lowest BCUT2D eigenvalue weighted by molar-refractivity contribution is -0.119. The first-order valence-electron chi connectivity index (χ1n) is 11.4. The molecule has 31 heavy (non-hydrogen) atoms. The summed E-state index contributed by atoms with van der Waals surface area (Å²) in [6.45, 7) is 8.52. The van der Waals surface area contributed by atoms with Crippen molar-refractivity contribution in [1.29, 1.82) is 0 Å². The van der Waals surface area contributed by atoms with Crippen LogP contribution in [0.3, 0.4) is 0 Å². The van der Waals surface area contributed by atoms with E-state index >= 15 is 0 Å². The van der Waals surface area contributed by atoms with E-state index in [4.69, 9.17) is 10.5 Å². The third kappa shape index (κ3) is 4.98. The van der Waals surface area contributed by atoms with E-state index in [0.717, 1.165) is 30.8 Å². The minimum Gasteiger partial charge on any atom is -0.463 e. The Labute approximate surface area is 184 Å². The van der Waals surface area contributed by atoms with Crippen LogP contribution in [0.5, 0.6) is 6.01 Å². The van der Waals surface area contributed by atoms with Crippen molar-refractivity contribution in [3.05, 3.63) is 41.0 Å². The number of nitrogens with zero attached hydrogens (tertiary/aromatic N) is 4. The van der Waals surface area contributed by atoms with Gasteiger partial charge in [0, 0.05) is 25.1 Å². The second kappa shape index (κ2) is 9.64. The summed E-state index contributed by atoms with van der Waals surface area (Å²) >= 11 is 0. The van der Waals surface area contributed by atoms with E-state index in [0.29, 0.717) is 30.5 Å². The van der Waals surface area contributed by atoms with Crippen LogP contribution in [0.4, 0.5) is 11.6 Å². The van der Waals surface area contributed by atoms with Crippen molar-refractivity contribution in [1.82, 2.24) is 14.9 Å². The molecule has 2 aliphatic rings. The van der Waals surface area contributed by atoms with Crippen LogP contribution in [0.1, 0.15) is 56.2 Å². The molecule has 0 radical (unpaired) electrons. The van der Waals surface area contributed by atoms with Gasteiger partial charge in [-0.3, -0.25) is 9.69 Å². The first kappa shape index (κ1) is 21.6. The summed E-state index contributed by atoms with van der Waals surface area (Å²) in [4.78, 5) is 26.2. The van der Waals surface area contributed by atoms with Gasteiger partial charge in [0.05, 0.1) is 12.6 Å². The van der Waals surface area contributed by atoms with Gasteiger partial charge in [-0.2, -0.15) is 9.97 Å². The van der Waals surface area contributed by atoms with Crippen molar-refractivity contribution < 1.29 is 9.53 Å². The van der Waals surface area contributed by atoms with Gasteiger partial charge in [-0.1, -0.05) is 37.6 Å². The fourth-order valence-electron chi connectivity index (χ4n) is 4.36. The largest absolute Gasteiger partial charge is 0.463 e. The minimum atomic E-state index is -0.271. The molecule has 4 rings (SSSR count). The minimum absolute atomic E-state index is 0.135. The van der Waals surface area contributed by atoms with Gasteiger partial charge in [0.1, 0.15) is 11.6 Å². The standard InChI is InChI=1S/C24H33N5O2/c1-3-4-12-31-24-26-22(25)20-14-21(30)17(2)29(23(20)27-24)16-19-9-7-8-18(13-19)15-28-10-5-6-11-28/h7-9,13,17H,3-6,10-12,14-16H2,1-2H3,(H2,25,26,27). The summed E-state index contributed by atoms with van der Waals surface area (Å²) in [5.41, 5.74) is 9.39. The molecule has 0 aliphatic carbocycles. The molecule has 1 fully saturated rings. The number of nitrogens with two attached hydrogens (primary N) is 1. The van der Waals surface area contributed by atoms with E-state index < -0.39 is 0 Å². The summed E-state index contributed by atoms with van der Waals surface area (Å²) in [5.74, 6) is 1.19. The number of nitrogen functional groups attached to an aromatic ring is 1. The quantitative estimate of drug-likeness (QED) is 0.652. The molecule has 1 saturated heterocycles. The molecular weight excluding hydrogens is 390 g/mol. The van der Waals surface area contributed by atoms with Crippen molar-refractivity contribution >= 4 is 17.4 Å². The Kier molecular flexibility index (Phi) is 6.70. The zero-order valence-electron chi connectivity index (χ0n) is 18.6. The van der Waals surface area contributed by atoms with Crippen molar-refractivity contribution in [2.24, 2.45) is 0 Å². The van der Waals surface area contributed by atoms with Gasteiger partial charge in [0.2, 0.25) is 0 Å². The fourth-order valence-corrected chi connectivity index (χ4v) is 4.36. The first-order chi connectivity index (χ1) is 15.0. The van der Waals surface area contributed by atoms with Crippen LogP contribution in [-0.2, 0) is 24.3 Å². The summed E-state index contributed by atoms with van der Waals surface area (Å²) < 4.78 is 5.73. The number of hydrogen-bond acceptors (Lipinski definition) is 7. The number of anilines is 2. The normalized spacial score (nSPS) is 19.0. The molecule has 1 atom stereocenters. The number of unbranched alkanes of at least 4 members (excludes halogenated alkanes) is 1. The average Bonchev–Trinajstić information content (AvgIpc) is 3.26. The lowest BCUT2D eigenvalue weighted by Crippen LogP contribution is -2.44. The molecule has 166 valence electrons. The zero-order valence-corrected chi connectivity index (χ0v) is 18.6. The van der Waals surface area contributed by atoms with Gasteiger partial charge in [-0.15, -0.1) is 0 Å². The number of carbonyl (C=O) groups excluding carboxylic acids is 1. The first-order valence-corrected chi connectivity index (χ1v) is 11.4. The second-order valence-corrected chi connectivity index (χ2v) is 8.65. The van der Waals surface area contributed by atoms with Gasteiger partial charge in [-0.05, 0) is 50.4 Å². The number of ketones is 1. The molecule has 0 saturated carbocycles.